The van der Waals surface area contributed by atoms with Crippen LogP contribution in [0, 0.1) is 0 Å². The first-order chi connectivity index (χ1) is 11.7. The van der Waals surface area contributed by atoms with Crippen LogP contribution in [0.25, 0.3) is 0 Å². The molecule has 0 aromatic carbocycles. The van der Waals surface area contributed by atoms with Crippen molar-refractivity contribution in [1.82, 2.24) is 5.32 Å². The van der Waals surface area contributed by atoms with E-state index in [-0.39, 0.29) is 18.4 Å². The van der Waals surface area contributed by atoms with Crippen LogP contribution >= 0.6 is 0 Å². The fourth-order valence-corrected chi connectivity index (χ4v) is 5.88. The summed E-state index contributed by atoms with van der Waals surface area (Å²) in [6.07, 6.45) is 0.916. The van der Waals surface area contributed by atoms with E-state index in [9.17, 15) is 9.59 Å². The summed E-state index contributed by atoms with van der Waals surface area (Å²) in [7, 11) is -5.63. The molecule has 0 rings (SSSR count). The molecule has 0 heterocycles. The van der Waals surface area contributed by atoms with Gasteiger partial charge in [0.2, 0.25) is 16.6 Å². The largest absolute Gasteiger partial charge is 0.520 e. The molecule has 154 valence electrons. The van der Waals surface area contributed by atoms with Gasteiger partial charge in [-0.2, -0.15) is 0 Å². The van der Waals surface area contributed by atoms with Crippen molar-refractivity contribution in [2.75, 3.05) is 13.2 Å². The Kier molecular flexibility index (Phi) is 10.5. The lowest BCUT2D eigenvalue weighted by Gasteiger charge is -2.25. The summed E-state index contributed by atoms with van der Waals surface area (Å²) < 4.78 is 16.9. The Morgan fingerprint density at radius 1 is 0.923 bits per heavy atom. The van der Waals surface area contributed by atoms with Crippen LogP contribution < -0.4 is 5.32 Å². The van der Waals surface area contributed by atoms with Crippen molar-refractivity contribution < 1.29 is 22.9 Å². The van der Waals surface area contributed by atoms with Gasteiger partial charge in [-0.1, -0.05) is 0 Å². The standard InChI is InChI=1S/C17H39NO5Si3/c1-10-21-26(8,9)13-11-12-18-15(17(20)23-25(5,6)7)14-16(19)22-24(2,3)4/h15,18H,10-14H2,1-9H3. The lowest BCUT2D eigenvalue weighted by Crippen LogP contribution is -2.45. The van der Waals surface area contributed by atoms with E-state index >= 15 is 0 Å². The maximum absolute atomic E-state index is 12.5. The van der Waals surface area contributed by atoms with Gasteiger partial charge in [0.25, 0.3) is 5.97 Å². The highest BCUT2D eigenvalue weighted by molar-refractivity contribution is 6.72. The van der Waals surface area contributed by atoms with Crippen molar-refractivity contribution in [3.8, 4) is 0 Å². The third-order valence-electron chi connectivity index (χ3n) is 3.36. The summed E-state index contributed by atoms with van der Waals surface area (Å²) in [4.78, 5) is 24.7. The molecule has 1 N–H and O–H groups in total. The van der Waals surface area contributed by atoms with E-state index in [1.54, 1.807) is 0 Å². The SMILES string of the molecule is CCO[Si](C)(C)CCCNC(CC(=O)O[Si](C)(C)C)C(=O)O[Si](C)(C)C. The first-order valence-corrected chi connectivity index (χ1v) is 19.4. The Balaban J connectivity index is 4.73. The number of carbonyl (C=O) groups excluding carboxylic acids is 2. The maximum Gasteiger partial charge on any atom is 0.310 e. The number of rotatable bonds is 12. The van der Waals surface area contributed by atoms with Crippen molar-refractivity contribution in [2.45, 2.75) is 84.2 Å². The third kappa shape index (κ3) is 13.7. The van der Waals surface area contributed by atoms with Gasteiger partial charge >= 0.3 is 5.97 Å². The summed E-state index contributed by atoms with van der Waals surface area (Å²) in [5, 5.41) is 3.20. The van der Waals surface area contributed by atoms with Crippen LogP contribution in [0.1, 0.15) is 19.8 Å². The normalized spacial score (nSPS) is 14.0. The molecule has 0 spiro atoms. The number of hydrogen-bond acceptors (Lipinski definition) is 6. The van der Waals surface area contributed by atoms with Crippen molar-refractivity contribution in [3.63, 3.8) is 0 Å². The minimum Gasteiger partial charge on any atom is -0.520 e. The lowest BCUT2D eigenvalue weighted by atomic mass is 10.2. The molecular weight excluding hydrogens is 382 g/mol. The zero-order valence-electron chi connectivity index (χ0n) is 18.2. The quantitative estimate of drug-likeness (QED) is 0.382. The molecule has 1 atom stereocenters. The van der Waals surface area contributed by atoms with Crippen LogP contribution in [0.3, 0.4) is 0 Å². The van der Waals surface area contributed by atoms with Crippen molar-refractivity contribution in [1.29, 1.82) is 0 Å². The topological polar surface area (TPSA) is 73.9 Å². The van der Waals surface area contributed by atoms with E-state index in [0.29, 0.717) is 6.54 Å². The molecule has 0 fully saturated rings. The van der Waals surface area contributed by atoms with E-state index in [4.69, 9.17) is 13.3 Å². The predicted molar refractivity (Wildman–Crippen MR) is 114 cm³/mol. The van der Waals surface area contributed by atoms with Crippen LogP contribution in [-0.2, 0) is 22.9 Å². The molecule has 26 heavy (non-hydrogen) atoms. The minimum absolute atomic E-state index is 0.0138. The molecule has 0 saturated heterocycles. The first-order valence-electron chi connectivity index (χ1n) is 9.47. The molecule has 0 bridgehead atoms. The van der Waals surface area contributed by atoms with Gasteiger partial charge in [-0.15, -0.1) is 0 Å². The molecule has 9 heteroatoms. The zero-order chi connectivity index (χ0) is 20.6. The fourth-order valence-electron chi connectivity index (χ4n) is 2.41. The van der Waals surface area contributed by atoms with Crippen LogP contribution in [0.5, 0.6) is 0 Å². The van der Waals surface area contributed by atoms with E-state index in [0.717, 1.165) is 19.1 Å². The van der Waals surface area contributed by atoms with Gasteiger partial charge in [0.05, 0.1) is 6.42 Å². The second-order valence-electron chi connectivity index (χ2n) is 9.13. The van der Waals surface area contributed by atoms with Gasteiger partial charge in [-0.3, -0.25) is 9.59 Å². The Bertz CT molecular complexity index is 458. The summed E-state index contributed by atoms with van der Waals surface area (Å²) in [5.41, 5.74) is 0. The molecule has 0 aliphatic rings. The molecule has 0 aliphatic carbocycles. The number of carbonyl (C=O) groups is 2. The van der Waals surface area contributed by atoms with Crippen molar-refractivity contribution in [2.24, 2.45) is 0 Å². The molecule has 1 unspecified atom stereocenters. The fraction of sp³-hybridized carbons (Fsp3) is 0.882. The van der Waals surface area contributed by atoms with Gasteiger partial charge in [-0.05, 0) is 78.3 Å². The van der Waals surface area contributed by atoms with Gasteiger partial charge in [0.15, 0.2) is 8.32 Å². The molecule has 0 radical (unpaired) electrons. The second kappa shape index (κ2) is 10.7. The predicted octanol–water partition coefficient (Wildman–Crippen LogP) is 3.72. The van der Waals surface area contributed by atoms with Crippen molar-refractivity contribution >= 4 is 36.9 Å². The zero-order valence-corrected chi connectivity index (χ0v) is 21.2. The smallest absolute Gasteiger partial charge is 0.310 e. The highest BCUT2D eigenvalue weighted by Crippen LogP contribution is 2.14. The van der Waals surface area contributed by atoms with Gasteiger partial charge in [0, 0.05) is 6.61 Å². The van der Waals surface area contributed by atoms with Gasteiger partial charge in [-0.25, -0.2) is 0 Å². The third-order valence-corrected chi connectivity index (χ3v) is 7.64. The highest BCUT2D eigenvalue weighted by atomic mass is 28.4. The average Bonchev–Trinajstić information content (AvgIpc) is 2.37. The monoisotopic (exact) mass is 421 g/mol. The molecular formula is C17H39NO5Si3. The summed E-state index contributed by atoms with van der Waals surface area (Å²) in [5.74, 6) is -0.684. The first kappa shape index (κ1) is 25.5. The summed E-state index contributed by atoms with van der Waals surface area (Å²) in [6, 6.07) is 0.352. The van der Waals surface area contributed by atoms with Crippen LogP contribution in [0.2, 0.25) is 58.4 Å². The Labute approximate surface area is 162 Å². The van der Waals surface area contributed by atoms with Gasteiger partial charge < -0.3 is 18.6 Å². The summed E-state index contributed by atoms with van der Waals surface area (Å²) in [6.45, 7) is 19.5. The van der Waals surface area contributed by atoms with Crippen LogP contribution in [0.15, 0.2) is 0 Å². The molecule has 0 aliphatic heterocycles. The highest BCUT2D eigenvalue weighted by Gasteiger charge is 2.30. The minimum atomic E-state index is -2.02. The summed E-state index contributed by atoms with van der Waals surface area (Å²) >= 11 is 0. The average molecular weight is 422 g/mol. The molecule has 6 nitrogen and oxygen atoms in total. The van der Waals surface area contributed by atoms with E-state index < -0.39 is 31.0 Å². The Morgan fingerprint density at radius 3 is 1.92 bits per heavy atom. The molecule has 0 amide bonds. The molecule has 0 saturated carbocycles. The lowest BCUT2D eigenvalue weighted by molar-refractivity contribution is -0.143. The molecule has 0 aromatic heterocycles. The van der Waals surface area contributed by atoms with Crippen LogP contribution in [-0.4, -0.2) is 56.1 Å². The van der Waals surface area contributed by atoms with Gasteiger partial charge in [0.1, 0.15) is 6.04 Å². The number of nitrogens with one attached hydrogen (secondary N) is 1. The van der Waals surface area contributed by atoms with E-state index in [2.05, 4.69) is 18.4 Å². The van der Waals surface area contributed by atoms with E-state index in [1.807, 2.05) is 46.2 Å². The molecule has 0 aromatic rings. The second-order valence-corrected chi connectivity index (χ2v) is 22.3. The van der Waals surface area contributed by atoms with Crippen LogP contribution in [0.4, 0.5) is 0 Å². The van der Waals surface area contributed by atoms with Crippen molar-refractivity contribution in [3.05, 3.63) is 0 Å². The van der Waals surface area contributed by atoms with E-state index in [1.165, 1.54) is 0 Å². The number of hydrogen-bond donors (Lipinski definition) is 1. The maximum atomic E-state index is 12.5. The Hall–Kier alpha value is -0.489. The Morgan fingerprint density at radius 2 is 1.46 bits per heavy atom.